The van der Waals surface area contributed by atoms with Crippen molar-refractivity contribution < 1.29 is 0 Å². The van der Waals surface area contributed by atoms with Crippen LogP contribution in [0.5, 0.6) is 0 Å². The van der Waals surface area contributed by atoms with Crippen LogP contribution in [0.15, 0.2) is 12.5 Å². The van der Waals surface area contributed by atoms with Crippen molar-refractivity contribution in [1.29, 1.82) is 0 Å². The van der Waals surface area contributed by atoms with E-state index in [4.69, 9.17) is 0 Å². The summed E-state index contributed by atoms with van der Waals surface area (Å²) in [7, 11) is 0. The quantitative estimate of drug-likeness (QED) is 0.572. The first kappa shape index (κ1) is 9.29. The van der Waals surface area contributed by atoms with Crippen molar-refractivity contribution in [3.05, 3.63) is 18.2 Å². The fourth-order valence-corrected chi connectivity index (χ4v) is 1.49. The Morgan fingerprint density at radius 3 is 3.21 bits per heavy atom. The summed E-state index contributed by atoms with van der Waals surface area (Å²) in [6.45, 7) is 3.48. The van der Waals surface area contributed by atoms with Crippen molar-refractivity contribution >= 4 is 0 Å². The summed E-state index contributed by atoms with van der Waals surface area (Å²) in [4.78, 5) is 4.17. The van der Waals surface area contributed by atoms with Crippen LogP contribution in [0.2, 0.25) is 0 Å². The molecule has 74 valence electrons. The number of rotatable bonds is 4. The Labute approximate surface area is 84.5 Å². The van der Waals surface area contributed by atoms with E-state index in [-0.39, 0.29) is 0 Å². The molecular formula is C11H15N3. The van der Waals surface area contributed by atoms with Crippen LogP contribution in [-0.4, -0.2) is 16.1 Å². The molecule has 0 bridgehead atoms. The molecule has 0 aliphatic heterocycles. The molecule has 0 amide bonds. The van der Waals surface area contributed by atoms with Crippen LogP contribution < -0.4 is 5.32 Å². The van der Waals surface area contributed by atoms with Gasteiger partial charge in [0, 0.05) is 18.8 Å². The van der Waals surface area contributed by atoms with Gasteiger partial charge in [-0.25, -0.2) is 4.98 Å². The average molecular weight is 189 g/mol. The lowest BCUT2D eigenvalue weighted by molar-refractivity contribution is 0.649. The fraction of sp³-hybridized carbons (Fsp3) is 0.545. The van der Waals surface area contributed by atoms with Crippen molar-refractivity contribution in [3.63, 3.8) is 0 Å². The van der Waals surface area contributed by atoms with Crippen molar-refractivity contribution in [1.82, 2.24) is 14.9 Å². The second-order valence-electron chi connectivity index (χ2n) is 3.55. The summed E-state index contributed by atoms with van der Waals surface area (Å²) < 4.78 is 2.27. The molecule has 14 heavy (non-hydrogen) atoms. The molecule has 1 fully saturated rings. The molecule has 0 atom stereocenters. The van der Waals surface area contributed by atoms with Crippen molar-refractivity contribution in [2.24, 2.45) is 0 Å². The minimum Gasteiger partial charge on any atom is -0.330 e. The van der Waals surface area contributed by atoms with Gasteiger partial charge in [0.15, 0.2) is 0 Å². The largest absolute Gasteiger partial charge is 0.330 e. The van der Waals surface area contributed by atoms with E-state index in [0.29, 0.717) is 6.04 Å². The SMILES string of the molecule is CC#CCNCc1cncn1C1CC1. The number of aromatic nitrogens is 2. The summed E-state index contributed by atoms with van der Waals surface area (Å²) in [5.41, 5.74) is 1.27. The second-order valence-corrected chi connectivity index (χ2v) is 3.55. The standard InChI is InChI=1S/C11H15N3/c1-2-3-6-12-7-11-8-13-9-14(11)10-4-5-10/h8-10,12H,4-7H2,1H3. The Morgan fingerprint density at radius 2 is 2.50 bits per heavy atom. The maximum Gasteiger partial charge on any atom is 0.0951 e. The lowest BCUT2D eigenvalue weighted by Crippen LogP contribution is -2.15. The highest BCUT2D eigenvalue weighted by molar-refractivity contribution is 5.04. The lowest BCUT2D eigenvalue weighted by atomic mass is 10.4. The molecule has 2 rings (SSSR count). The maximum absolute atomic E-state index is 4.17. The van der Waals surface area contributed by atoms with Gasteiger partial charge in [-0.3, -0.25) is 0 Å². The van der Waals surface area contributed by atoms with Crippen molar-refractivity contribution in [3.8, 4) is 11.8 Å². The highest BCUT2D eigenvalue weighted by Crippen LogP contribution is 2.35. The van der Waals surface area contributed by atoms with E-state index in [1.165, 1.54) is 18.5 Å². The van der Waals surface area contributed by atoms with Gasteiger partial charge in [0.25, 0.3) is 0 Å². The first-order valence-corrected chi connectivity index (χ1v) is 5.03. The monoisotopic (exact) mass is 189 g/mol. The molecule has 3 heteroatoms. The topological polar surface area (TPSA) is 29.9 Å². The molecule has 1 heterocycles. The molecule has 0 radical (unpaired) electrons. The van der Waals surface area contributed by atoms with Crippen LogP contribution in [0.3, 0.4) is 0 Å². The van der Waals surface area contributed by atoms with Gasteiger partial charge in [-0.05, 0) is 19.8 Å². The van der Waals surface area contributed by atoms with E-state index in [1.807, 2.05) is 19.4 Å². The third kappa shape index (κ3) is 2.15. The fourth-order valence-electron chi connectivity index (χ4n) is 1.49. The molecule has 0 spiro atoms. The van der Waals surface area contributed by atoms with Gasteiger partial charge < -0.3 is 9.88 Å². The molecular weight excluding hydrogens is 174 g/mol. The Balaban J connectivity index is 1.87. The van der Waals surface area contributed by atoms with Crippen molar-refractivity contribution in [2.75, 3.05) is 6.54 Å². The number of nitrogens with zero attached hydrogens (tertiary/aromatic N) is 2. The number of imidazole rings is 1. The van der Waals surface area contributed by atoms with Gasteiger partial charge in [-0.2, -0.15) is 0 Å². The zero-order chi connectivity index (χ0) is 9.80. The summed E-state index contributed by atoms with van der Waals surface area (Å²) in [5.74, 6) is 5.85. The van der Waals surface area contributed by atoms with E-state index in [9.17, 15) is 0 Å². The van der Waals surface area contributed by atoms with Crippen LogP contribution in [0.4, 0.5) is 0 Å². The highest BCUT2D eigenvalue weighted by atomic mass is 15.1. The molecule has 0 aromatic carbocycles. The summed E-state index contributed by atoms with van der Waals surface area (Å²) in [6, 6.07) is 0.714. The summed E-state index contributed by atoms with van der Waals surface area (Å²) in [5, 5.41) is 3.28. The minimum absolute atomic E-state index is 0.714. The lowest BCUT2D eigenvalue weighted by Gasteiger charge is -2.05. The Morgan fingerprint density at radius 1 is 1.64 bits per heavy atom. The molecule has 3 nitrogen and oxygen atoms in total. The highest BCUT2D eigenvalue weighted by Gasteiger charge is 2.24. The van der Waals surface area contributed by atoms with Gasteiger partial charge >= 0.3 is 0 Å². The van der Waals surface area contributed by atoms with Crippen LogP contribution in [0.1, 0.15) is 31.5 Å². The molecule has 0 unspecified atom stereocenters. The number of hydrogen-bond donors (Lipinski definition) is 1. The Kier molecular flexibility index (Phi) is 2.85. The predicted octanol–water partition coefficient (Wildman–Crippen LogP) is 1.33. The van der Waals surface area contributed by atoms with Crippen LogP contribution in [0, 0.1) is 11.8 Å². The van der Waals surface area contributed by atoms with E-state index >= 15 is 0 Å². The molecule has 1 aliphatic rings. The van der Waals surface area contributed by atoms with Gasteiger partial charge in [-0.15, -0.1) is 5.92 Å². The summed E-state index contributed by atoms with van der Waals surface area (Å²) in [6.07, 6.45) is 6.47. The van der Waals surface area contributed by atoms with E-state index in [0.717, 1.165) is 13.1 Å². The zero-order valence-electron chi connectivity index (χ0n) is 8.45. The molecule has 1 N–H and O–H groups in total. The average Bonchev–Trinajstić information content (AvgIpc) is 2.94. The van der Waals surface area contributed by atoms with Crippen molar-refractivity contribution in [2.45, 2.75) is 32.4 Å². The number of hydrogen-bond acceptors (Lipinski definition) is 2. The smallest absolute Gasteiger partial charge is 0.0951 e. The third-order valence-corrected chi connectivity index (χ3v) is 2.38. The number of nitrogens with one attached hydrogen (secondary N) is 1. The molecule has 1 aromatic rings. The van der Waals surface area contributed by atoms with Gasteiger partial charge in [0.1, 0.15) is 0 Å². The van der Waals surface area contributed by atoms with Crippen LogP contribution >= 0.6 is 0 Å². The maximum atomic E-state index is 4.17. The summed E-state index contributed by atoms with van der Waals surface area (Å²) >= 11 is 0. The third-order valence-electron chi connectivity index (χ3n) is 2.38. The minimum atomic E-state index is 0.714. The predicted molar refractivity (Wildman–Crippen MR) is 55.7 cm³/mol. The van der Waals surface area contributed by atoms with E-state index in [1.54, 1.807) is 0 Å². The zero-order valence-corrected chi connectivity index (χ0v) is 8.45. The molecule has 1 aromatic heterocycles. The molecule has 1 saturated carbocycles. The van der Waals surface area contributed by atoms with E-state index < -0.39 is 0 Å². The van der Waals surface area contributed by atoms with Crippen LogP contribution in [-0.2, 0) is 6.54 Å². The Hall–Kier alpha value is -1.27. The van der Waals surface area contributed by atoms with Gasteiger partial charge in [0.2, 0.25) is 0 Å². The van der Waals surface area contributed by atoms with Crippen LogP contribution in [0.25, 0.3) is 0 Å². The first-order valence-electron chi connectivity index (χ1n) is 5.03. The first-order chi connectivity index (χ1) is 6.92. The molecule has 0 saturated heterocycles. The normalized spacial score (nSPS) is 14.9. The molecule has 1 aliphatic carbocycles. The van der Waals surface area contributed by atoms with Gasteiger partial charge in [-0.1, -0.05) is 5.92 Å². The van der Waals surface area contributed by atoms with Gasteiger partial charge in [0.05, 0.1) is 18.6 Å². The second kappa shape index (κ2) is 4.30. The Bertz CT molecular complexity index is 352. The van der Waals surface area contributed by atoms with E-state index in [2.05, 4.69) is 26.7 Å².